The van der Waals surface area contributed by atoms with E-state index < -0.39 is 11.2 Å². The second-order valence-corrected chi connectivity index (χ2v) is 4.91. The third-order valence-corrected chi connectivity index (χ3v) is 2.28. The summed E-state index contributed by atoms with van der Waals surface area (Å²) in [6.07, 6.45) is 3.06. The first kappa shape index (κ1) is 16.4. The first-order valence-electron chi connectivity index (χ1n) is 6.40. The van der Waals surface area contributed by atoms with E-state index in [4.69, 9.17) is 0 Å². The topological polar surface area (TPSA) is 53.0 Å². The third kappa shape index (κ3) is 11.7. The fraction of sp³-hybridized carbons (Fsp3) is 0.857. The predicted octanol–water partition coefficient (Wildman–Crippen LogP) is 2.11. The van der Waals surface area contributed by atoms with E-state index in [0.29, 0.717) is 12.8 Å². The van der Waals surface area contributed by atoms with Gasteiger partial charge in [-0.3, -0.25) is 0 Å². The number of aliphatic hydroxyl groups is 2. The number of ether oxygens (including phenoxy) is 1. The van der Waals surface area contributed by atoms with Gasteiger partial charge in [-0.25, -0.2) is 0 Å². The van der Waals surface area contributed by atoms with Crippen LogP contribution in [-0.4, -0.2) is 34.6 Å². The smallest absolute Gasteiger partial charge is 0.122 e. The first-order valence-corrected chi connectivity index (χ1v) is 6.40. The van der Waals surface area contributed by atoms with Crippen LogP contribution < -0.4 is 0 Å². The normalized spacial score (nSPS) is 19.9. The van der Waals surface area contributed by atoms with Crippen LogP contribution in [0, 0.1) is 11.8 Å². The molecule has 1 heterocycles. The standard InChI is InChI=1S/C12H22O2.C2H4O/c1-5-7-11(3,13)9-10-12(4,14)8-6-2;1-2-3-1/h13-14H,5-8H2,1-4H3;1-2H2. The lowest BCUT2D eigenvalue weighted by molar-refractivity contribution is 0.0993. The van der Waals surface area contributed by atoms with Crippen LogP contribution in [0.3, 0.4) is 0 Å². The van der Waals surface area contributed by atoms with Gasteiger partial charge >= 0.3 is 0 Å². The summed E-state index contributed by atoms with van der Waals surface area (Å²) in [6, 6.07) is 0. The molecular formula is C14H26O3. The van der Waals surface area contributed by atoms with E-state index >= 15 is 0 Å². The van der Waals surface area contributed by atoms with E-state index in [-0.39, 0.29) is 0 Å². The van der Waals surface area contributed by atoms with Gasteiger partial charge < -0.3 is 14.9 Å². The van der Waals surface area contributed by atoms with E-state index in [1.807, 2.05) is 13.8 Å². The highest BCUT2D eigenvalue weighted by Crippen LogP contribution is 2.14. The summed E-state index contributed by atoms with van der Waals surface area (Å²) in [4.78, 5) is 0. The molecule has 0 aromatic carbocycles. The Hall–Kier alpha value is -0.560. The zero-order valence-corrected chi connectivity index (χ0v) is 11.5. The summed E-state index contributed by atoms with van der Waals surface area (Å²) in [5.41, 5.74) is -1.93. The van der Waals surface area contributed by atoms with Gasteiger partial charge in [0.15, 0.2) is 0 Å². The van der Waals surface area contributed by atoms with Crippen LogP contribution in [0.15, 0.2) is 0 Å². The molecular weight excluding hydrogens is 216 g/mol. The van der Waals surface area contributed by atoms with Crippen molar-refractivity contribution in [3.8, 4) is 11.8 Å². The largest absolute Gasteiger partial charge is 0.378 e. The summed E-state index contributed by atoms with van der Waals surface area (Å²) in [6.45, 7) is 9.37. The zero-order valence-electron chi connectivity index (χ0n) is 11.5. The van der Waals surface area contributed by atoms with Gasteiger partial charge in [-0.15, -0.1) is 0 Å². The van der Waals surface area contributed by atoms with Crippen molar-refractivity contribution in [1.29, 1.82) is 0 Å². The number of rotatable bonds is 4. The van der Waals surface area contributed by atoms with Crippen molar-refractivity contribution in [2.24, 2.45) is 0 Å². The predicted molar refractivity (Wildman–Crippen MR) is 69.7 cm³/mol. The van der Waals surface area contributed by atoms with E-state index in [9.17, 15) is 10.2 Å². The lowest BCUT2D eigenvalue weighted by Gasteiger charge is -2.18. The molecule has 2 unspecified atom stereocenters. The van der Waals surface area contributed by atoms with E-state index in [0.717, 1.165) is 26.1 Å². The van der Waals surface area contributed by atoms with E-state index in [1.165, 1.54) is 0 Å². The maximum Gasteiger partial charge on any atom is 0.122 e. The Kier molecular flexibility index (Phi) is 7.45. The summed E-state index contributed by atoms with van der Waals surface area (Å²) >= 11 is 0. The third-order valence-electron chi connectivity index (χ3n) is 2.28. The van der Waals surface area contributed by atoms with Gasteiger partial charge in [0, 0.05) is 0 Å². The Morgan fingerprint density at radius 2 is 1.24 bits per heavy atom. The van der Waals surface area contributed by atoms with Gasteiger partial charge in [-0.2, -0.15) is 0 Å². The van der Waals surface area contributed by atoms with Crippen molar-refractivity contribution in [3.05, 3.63) is 0 Å². The van der Waals surface area contributed by atoms with Crippen molar-refractivity contribution in [2.75, 3.05) is 13.2 Å². The van der Waals surface area contributed by atoms with E-state index in [2.05, 4.69) is 16.6 Å². The molecule has 0 aliphatic carbocycles. The van der Waals surface area contributed by atoms with Crippen LogP contribution in [0.25, 0.3) is 0 Å². The highest BCUT2D eigenvalue weighted by molar-refractivity contribution is 5.18. The molecule has 0 aromatic rings. The molecule has 3 heteroatoms. The molecule has 1 fully saturated rings. The number of hydrogen-bond acceptors (Lipinski definition) is 3. The number of hydrogen-bond donors (Lipinski definition) is 2. The van der Waals surface area contributed by atoms with Crippen molar-refractivity contribution in [2.45, 2.75) is 64.6 Å². The van der Waals surface area contributed by atoms with Crippen LogP contribution in [0.2, 0.25) is 0 Å². The molecule has 0 aromatic heterocycles. The minimum atomic E-state index is -0.966. The minimum absolute atomic E-state index is 0.641. The summed E-state index contributed by atoms with van der Waals surface area (Å²) in [7, 11) is 0. The van der Waals surface area contributed by atoms with Gasteiger partial charge in [-0.1, -0.05) is 38.5 Å². The summed E-state index contributed by atoms with van der Waals surface area (Å²) in [5, 5.41) is 19.5. The maximum atomic E-state index is 9.76. The average Bonchev–Trinajstić information content (AvgIpc) is 3.02. The van der Waals surface area contributed by atoms with Crippen LogP contribution in [0.1, 0.15) is 53.4 Å². The van der Waals surface area contributed by atoms with Gasteiger partial charge in [0.1, 0.15) is 11.2 Å². The molecule has 0 bridgehead atoms. The Balaban J connectivity index is 0.000000728. The molecule has 1 rings (SSSR count). The average molecular weight is 242 g/mol. The Bertz CT molecular complexity index is 232. The van der Waals surface area contributed by atoms with Crippen molar-refractivity contribution in [1.82, 2.24) is 0 Å². The van der Waals surface area contributed by atoms with Crippen molar-refractivity contribution >= 4 is 0 Å². The second kappa shape index (κ2) is 7.71. The molecule has 2 atom stereocenters. The zero-order chi connectivity index (χ0) is 13.4. The van der Waals surface area contributed by atoms with Crippen molar-refractivity contribution in [3.63, 3.8) is 0 Å². The maximum absolute atomic E-state index is 9.76. The lowest BCUT2D eigenvalue weighted by Crippen LogP contribution is -2.25. The molecule has 1 saturated heterocycles. The molecule has 17 heavy (non-hydrogen) atoms. The highest BCUT2D eigenvalue weighted by atomic mass is 16.6. The minimum Gasteiger partial charge on any atom is -0.378 e. The van der Waals surface area contributed by atoms with Gasteiger partial charge in [0.25, 0.3) is 0 Å². The Morgan fingerprint density at radius 3 is 1.41 bits per heavy atom. The van der Waals surface area contributed by atoms with Gasteiger partial charge in [0.2, 0.25) is 0 Å². The van der Waals surface area contributed by atoms with Crippen LogP contribution in [-0.2, 0) is 4.74 Å². The van der Waals surface area contributed by atoms with Crippen LogP contribution >= 0.6 is 0 Å². The summed E-state index contributed by atoms with van der Waals surface area (Å²) in [5.74, 6) is 5.48. The molecule has 2 N–H and O–H groups in total. The SMILES string of the molecule is C1CO1.CCCC(C)(O)C#CC(C)(O)CCC. The molecule has 0 radical (unpaired) electrons. The Labute approximate surface area is 105 Å². The molecule has 0 spiro atoms. The second-order valence-electron chi connectivity index (χ2n) is 4.91. The van der Waals surface area contributed by atoms with Gasteiger partial charge in [0.05, 0.1) is 13.2 Å². The molecule has 3 nitrogen and oxygen atoms in total. The fourth-order valence-corrected chi connectivity index (χ4v) is 1.37. The first-order chi connectivity index (χ1) is 7.83. The van der Waals surface area contributed by atoms with Crippen molar-refractivity contribution < 1.29 is 14.9 Å². The molecule has 0 saturated carbocycles. The van der Waals surface area contributed by atoms with E-state index in [1.54, 1.807) is 13.8 Å². The van der Waals surface area contributed by atoms with Crippen LogP contribution in [0.4, 0.5) is 0 Å². The fourth-order valence-electron chi connectivity index (χ4n) is 1.37. The molecule has 1 aliphatic rings. The van der Waals surface area contributed by atoms with Crippen LogP contribution in [0.5, 0.6) is 0 Å². The molecule has 0 amide bonds. The monoisotopic (exact) mass is 242 g/mol. The molecule has 100 valence electrons. The molecule has 1 aliphatic heterocycles. The number of epoxide rings is 1. The highest BCUT2D eigenvalue weighted by Gasteiger charge is 2.19. The van der Waals surface area contributed by atoms with Gasteiger partial charge in [-0.05, 0) is 26.7 Å². The Morgan fingerprint density at radius 1 is 0.941 bits per heavy atom. The summed E-state index contributed by atoms with van der Waals surface area (Å²) < 4.78 is 4.50. The quantitative estimate of drug-likeness (QED) is 0.586. The lowest BCUT2D eigenvalue weighted by atomic mass is 9.97.